The van der Waals surface area contributed by atoms with Gasteiger partial charge >= 0.3 is 11.8 Å². The van der Waals surface area contributed by atoms with Gasteiger partial charge in [-0.15, -0.1) is 0 Å². The fraction of sp³-hybridized carbons (Fsp3) is 0.636. The highest BCUT2D eigenvalue weighted by Gasteiger charge is 2.29. The van der Waals surface area contributed by atoms with Gasteiger partial charge in [0.25, 0.3) is 5.56 Å². The molecule has 3 rings (SSSR count). The molecule has 0 aliphatic heterocycles. The maximum Gasteiger partial charge on any atom is 0.407 e. The number of fused-ring (bicyclic) bond motifs is 1. The average Bonchev–Trinajstić information content (AvgIpc) is 3.26. The zero-order chi connectivity index (χ0) is 23.8. The Morgan fingerprint density at radius 2 is 1.81 bits per heavy atom. The Kier molecular flexibility index (Phi) is 6.52. The molecule has 2 aromatic heterocycles. The summed E-state index contributed by atoms with van der Waals surface area (Å²) in [5, 5.41) is 6.36. The first-order valence-electron chi connectivity index (χ1n) is 10.9. The summed E-state index contributed by atoms with van der Waals surface area (Å²) in [7, 11) is 3.09. The Labute approximate surface area is 187 Å². The number of aromatic nitrogens is 4. The van der Waals surface area contributed by atoms with Crippen LogP contribution in [0.3, 0.4) is 0 Å². The molecule has 0 bridgehead atoms. The van der Waals surface area contributed by atoms with E-state index < -0.39 is 17.4 Å². The van der Waals surface area contributed by atoms with Crippen LogP contribution >= 0.6 is 0 Å². The topological polar surface area (TPSA) is 112 Å². The van der Waals surface area contributed by atoms with E-state index in [4.69, 9.17) is 4.74 Å². The summed E-state index contributed by atoms with van der Waals surface area (Å²) in [5.41, 5.74) is 0.519. The number of amides is 1. The lowest BCUT2D eigenvalue weighted by molar-refractivity contribution is 0.0505. The van der Waals surface area contributed by atoms with Crippen LogP contribution in [0.25, 0.3) is 11.2 Å². The van der Waals surface area contributed by atoms with Crippen molar-refractivity contribution in [3.63, 3.8) is 0 Å². The van der Waals surface area contributed by atoms with Gasteiger partial charge in [-0.3, -0.25) is 13.9 Å². The van der Waals surface area contributed by atoms with Gasteiger partial charge < -0.3 is 19.9 Å². The van der Waals surface area contributed by atoms with Gasteiger partial charge in [-0.05, 0) is 53.9 Å². The molecule has 2 unspecified atom stereocenters. The maximum atomic E-state index is 12.9. The number of alkyl carbamates (subject to hydrolysis) is 1. The molecule has 1 amide bonds. The Morgan fingerprint density at radius 1 is 1.16 bits per heavy atom. The second-order valence-corrected chi connectivity index (χ2v) is 9.70. The fourth-order valence-electron chi connectivity index (χ4n) is 3.91. The van der Waals surface area contributed by atoms with Gasteiger partial charge in [-0.25, -0.2) is 9.59 Å². The predicted octanol–water partition coefficient (Wildman–Crippen LogP) is 2.26. The van der Waals surface area contributed by atoms with E-state index in [0.29, 0.717) is 30.1 Å². The lowest BCUT2D eigenvalue weighted by Gasteiger charge is -2.22. The minimum absolute atomic E-state index is 0.00446. The van der Waals surface area contributed by atoms with Crippen molar-refractivity contribution in [3.05, 3.63) is 32.5 Å². The molecule has 10 heteroatoms. The molecule has 1 fully saturated rings. The standard InChI is InChI=1S/C22H34N6O4/c1-13(2)10-11-28-16-17(26(6)21(31)27(7)18(16)29)25-19(28)23-14-8-9-15(12-14)24-20(30)32-22(3,4)5/h10,14-15H,8-9,11-12H2,1-7H3,(H,23,25)(H,24,30). The number of rotatable bonds is 5. The van der Waals surface area contributed by atoms with Gasteiger partial charge in [0.15, 0.2) is 11.2 Å². The van der Waals surface area contributed by atoms with Crippen LogP contribution in [-0.4, -0.2) is 42.5 Å². The molecule has 2 heterocycles. The molecule has 1 saturated carbocycles. The van der Waals surface area contributed by atoms with Crippen LogP contribution in [0.2, 0.25) is 0 Å². The first-order chi connectivity index (χ1) is 14.9. The molecular formula is C22H34N6O4. The van der Waals surface area contributed by atoms with E-state index in [1.807, 2.05) is 45.3 Å². The normalized spacial score (nSPS) is 18.6. The molecule has 1 aliphatic carbocycles. The molecule has 1 aliphatic rings. The maximum absolute atomic E-state index is 12.9. The summed E-state index contributed by atoms with van der Waals surface area (Å²) in [6.07, 6.45) is 3.95. The molecule has 2 atom stereocenters. The number of aryl methyl sites for hydroxylation is 1. The van der Waals surface area contributed by atoms with Crippen molar-refractivity contribution in [3.8, 4) is 0 Å². The van der Waals surface area contributed by atoms with E-state index in [9.17, 15) is 14.4 Å². The Morgan fingerprint density at radius 3 is 2.44 bits per heavy atom. The molecule has 0 saturated heterocycles. The molecular weight excluding hydrogens is 412 g/mol. The Balaban J connectivity index is 1.87. The van der Waals surface area contributed by atoms with Crippen LogP contribution in [-0.2, 0) is 25.4 Å². The first kappa shape index (κ1) is 23.6. The van der Waals surface area contributed by atoms with E-state index in [0.717, 1.165) is 23.0 Å². The molecule has 2 N–H and O–H groups in total. The summed E-state index contributed by atoms with van der Waals surface area (Å²) in [6, 6.07) is 0.0632. The number of ether oxygens (including phenoxy) is 1. The average molecular weight is 447 g/mol. The van der Waals surface area contributed by atoms with Gasteiger partial charge in [0.2, 0.25) is 5.95 Å². The molecule has 0 radical (unpaired) electrons. The third-order valence-electron chi connectivity index (χ3n) is 5.52. The largest absolute Gasteiger partial charge is 0.444 e. The Hall–Kier alpha value is -3.04. The number of allylic oxidation sites excluding steroid dienone is 2. The lowest BCUT2D eigenvalue weighted by Crippen LogP contribution is -2.38. The third kappa shape index (κ3) is 5.05. The number of carbonyl (C=O) groups excluding carboxylic acids is 1. The van der Waals surface area contributed by atoms with E-state index >= 15 is 0 Å². The highest BCUT2D eigenvalue weighted by Crippen LogP contribution is 2.25. The molecule has 0 aromatic carbocycles. The van der Waals surface area contributed by atoms with Crippen LogP contribution < -0.4 is 21.9 Å². The number of imidazole rings is 1. The van der Waals surface area contributed by atoms with Gasteiger partial charge in [0, 0.05) is 32.7 Å². The van der Waals surface area contributed by atoms with E-state index in [-0.39, 0.29) is 17.6 Å². The molecule has 0 spiro atoms. The number of hydrogen-bond acceptors (Lipinski definition) is 6. The molecule has 32 heavy (non-hydrogen) atoms. The number of anilines is 1. The van der Waals surface area contributed by atoms with Crippen LogP contribution in [0, 0.1) is 0 Å². The van der Waals surface area contributed by atoms with Gasteiger partial charge in [0.1, 0.15) is 5.60 Å². The monoisotopic (exact) mass is 446 g/mol. The lowest BCUT2D eigenvalue weighted by atomic mass is 10.2. The number of hydrogen-bond donors (Lipinski definition) is 2. The highest BCUT2D eigenvalue weighted by molar-refractivity contribution is 5.74. The van der Waals surface area contributed by atoms with Crippen molar-refractivity contribution in [2.24, 2.45) is 14.1 Å². The van der Waals surface area contributed by atoms with Gasteiger partial charge in [-0.1, -0.05) is 11.6 Å². The van der Waals surface area contributed by atoms with Crippen molar-refractivity contribution < 1.29 is 9.53 Å². The van der Waals surface area contributed by atoms with Gasteiger partial charge in [-0.2, -0.15) is 4.98 Å². The quantitative estimate of drug-likeness (QED) is 0.682. The van der Waals surface area contributed by atoms with E-state index in [1.165, 1.54) is 11.6 Å². The minimum Gasteiger partial charge on any atom is -0.444 e. The summed E-state index contributed by atoms with van der Waals surface area (Å²) in [5.74, 6) is 0.540. The summed E-state index contributed by atoms with van der Waals surface area (Å²) in [6.45, 7) is 9.94. The summed E-state index contributed by atoms with van der Waals surface area (Å²) < 4.78 is 9.66. The third-order valence-corrected chi connectivity index (χ3v) is 5.52. The fourth-order valence-corrected chi connectivity index (χ4v) is 3.91. The van der Waals surface area contributed by atoms with Crippen LogP contribution in [0.4, 0.5) is 10.7 Å². The zero-order valence-electron chi connectivity index (χ0n) is 20.0. The summed E-state index contributed by atoms with van der Waals surface area (Å²) >= 11 is 0. The number of nitrogens with zero attached hydrogens (tertiary/aromatic N) is 4. The van der Waals surface area contributed by atoms with E-state index in [2.05, 4.69) is 15.6 Å². The first-order valence-corrected chi connectivity index (χ1v) is 10.9. The number of carbonyl (C=O) groups is 1. The SMILES string of the molecule is CC(C)=CCn1c(NC2CCC(NC(=O)OC(C)(C)C)C2)nc2c1c(=O)n(C)c(=O)n2C. The molecule has 2 aromatic rings. The van der Waals surface area contributed by atoms with Crippen molar-refractivity contribution in [2.75, 3.05) is 5.32 Å². The van der Waals surface area contributed by atoms with Crippen molar-refractivity contribution in [1.82, 2.24) is 24.0 Å². The Bertz CT molecular complexity index is 1160. The number of nitrogens with one attached hydrogen (secondary N) is 2. The highest BCUT2D eigenvalue weighted by atomic mass is 16.6. The van der Waals surface area contributed by atoms with Gasteiger partial charge in [0.05, 0.1) is 0 Å². The van der Waals surface area contributed by atoms with Crippen LogP contribution in [0.1, 0.15) is 53.9 Å². The van der Waals surface area contributed by atoms with Crippen molar-refractivity contribution in [1.29, 1.82) is 0 Å². The van der Waals surface area contributed by atoms with E-state index in [1.54, 1.807) is 7.05 Å². The second kappa shape index (κ2) is 8.84. The van der Waals surface area contributed by atoms with Crippen molar-refractivity contribution in [2.45, 2.75) is 78.1 Å². The van der Waals surface area contributed by atoms with Crippen molar-refractivity contribution >= 4 is 23.2 Å². The minimum atomic E-state index is -0.543. The smallest absolute Gasteiger partial charge is 0.407 e. The summed E-state index contributed by atoms with van der Waals surface area (Å²) in [4.78, 5) is 42.0. The molecule has 10 nitrogen and oxygen atoms in total. The van der Waals surface area contributed by atoms with Crippen LogP contribution in [0.5, 0.6) is 0 Å². The molecule has 176 valence electrons. The second-order valence-electron chi connectivity index (χ2n) is 9.70. The predicted molar refractivity (Wildman–Crippen MR) is 124 cm³/mol. The zero-order valence-corrected chi connectivity index (χ0v) is 20.0. The van der Waals surface area contributed by atoms with Crippen LogP contribution in [0.15, 0.2) is 21.2 Å².